The van der Waals surface area contributed by atoms with Crippen molar-refractivity contribution in [2.45, 2.75) is 19.8 Å². The summed E-state index contributed by atoms with van der Waals surface area (Å²) in [6.07, 6.45) is 1.86. The molecule has 2 heterocycles. The number of carboxylic acid groups (broad SMARTS) is 1. The lowest BCUT2D eigenvalue weighted by Crippen LogP contribution is -2.08. The molecule has 166 valence electrons. The lowest BCUT2D eigenvalue weighted by atomic mass is 10.0. The molecule has 2 aromatic carbocycles. The van der Waals surface area contributed by atoms with Crippen molar-refractivity contribution in [1.82, 2.24) is 4.98 Å². The number of nitrogens with zero attached hydrogens (tertiary/aromatic N) is 1. The van der Waals surface area contributed by atoms with E-state index in [0.717, 1.165) is 22.5 Å². The molecule has 0 spiro atoms. The number of carbonyl (C=O) groups is 2. The molecule has 4 aromatic rings. The maximum absolute atomic E-state index is 13.9. The van der Waals surface area contributed by atoms with Gasteiger partial charge < -0.3 is 9.84 Å². The number of aromatic carboxylic acids is 1. The van der Waals surface area contributed by atoms with Crippen LogP contribution >= 0.6 is 11.3 Å². The number of carbonyl (C=O) groups excluding carboxylic acids is 1. The monoisotopic (exact) mass is 461 g/mol. The molecule has 0 saturated heterocycles. The number of hydrogen-bond donors (Lipinski definition) is 1. The number of rotatable bonds is 8. The van der Waals surface area contributed by atoms with Crippen LogP contribution in [0.2, 0.25) is 0 Å². The van der Waals surface area contributed by atoms with E-state index in [1.165, 1.54) is 6.07 Å². The highest BCUT2D eigenvalue weighted by Crippen LogP contribution is 2.29. The molecule has 0 aliphatic rings. The van der Waals surface area contributed by atoms with Crippen molar-refractivity contribution in [1.29, 1.82) is 0 Å². The van der Waals surface area contributed by atoms with Crippen LogP contribution in [0.25, 0.3) is 11.3 Å². The summed E-state index contributed by atoms with van der Waals surface area (Å²) in [5, 5.41) is 10.8. The zero-order valence-electron chi connectivity index (χ0n) is 17.7. The SMILES string of the molecule is Cc1ccc(F)c(CC(=O)Cc2ccc(Oc3ccnc(-c4csc(C(=O)O)c4)c3)cc2)c1. The highest BCUT2D eigenvalue weighted by molar-refractivity contribution is 7.12. The largest absolute Gasteiger partial charge is 0.477 e. The molecule has 0 radical (unpaired) electrons. The Balaban J connectivity index is 1.40. The number of aromatic nitrogens is 1. The zero-order valence-corrected chi connectivity index (χ0v) is 18.6. The van der Waals surface area contributed by atoms with Crippen molar-refractivity contribution in [2.24, 2.45) is 0 Å². The first-order valence-corrected chi connectivity index (χ1v) is 11.1. The maximum Gasteiger partial charge on any atom is 0.345 e. The number of ether oxygens (including phenoxy) is 1. The normalized spacial score (nSPS) is 10.7. The van der Waals surface area contributed by atoms with Gasteiger partial charge in [0.2, 0.25) is 0 Å². The van der Waals surface area contributed by atoms with Crippen LogP contribution in [0.1, 0.15) is 26.4 Å². The number of Topliss-reactive ketones (excluding diaryl/α,β-unsaturated/α-hetero) is 1. The van der Waals surface area contributed by atoms with Gasteiger partial charge in [0.1, 0.15) is 28.0 Å². The molecule has 0 bridgehead atoms. The van der Waals surface area contributed by atoms with Crippen molar-refractivity contribution >= 4 is 23.1 Å². The average Bonchev–Trinajstić information content (AvgIpc) is 3.29. The van der Waals surface area contributed by atoms with Gasteiger partial charge >= 0.3 is 5.97 Å². The second-order valence-corrected chi connectivity index (χ2v) is 8.53. The Kier molecular flexibility index (Phi) is 6.60. The summed E-state index contributed by atoms with van der Waals surface area (Å²) in [5.41, 5.74) is 3.47. The summed E-state index contributed by atoms with van der Waals surface area (Å²) in [6, 6.07) is 16.9. The van der Waals surface area contributed by atoms with Gasteiger partial charge in [0.05, 0.1) is 5.69 Å². The predicted octanol–water partition coefficient (Wildman–Crippen LogP) is 6.10. The Morgan fingerprint density at radius 3 is 2.52 bits per heavy atom. The van der Waals surface area contributed by atoms with E-state index in [2.05, 4.69) is 4.98 Å². The van der Waals surface area contributed by atoms with Crippen molar-refractivity contribution in [3.63, 3.8) is 0 Å². The van der Waals surface area contributed by atoms with E-state index in [4.69, 9.17) is 9.84 Å². The van der Waals surface area contributed by atoms with Crippen LogP contribution in [-0.2, 0) is 17.6 Å². The van der Waals surface area contributed by atoms with Crippen molar-refractivity contribution in [3.8, 4) is 22.8 Å². The number of hydrogen-bond acceptors (Lipinski definition) is 5. The molecule has 0 aliphatic heterocycles. The molecule has 0 atom stereocenters. The fourth-order valence-corrected chi connectivity index (χ4v) is 4.11. The van der Waals surface area contributed by atoms with Gasteiger partial charge in [0.15, 0.2) is 0 Å². The van der Waals surface area contributed by atoms with Gasteiger partial charge in [-0.25, -0.2) is 9.18 Å². The minimum Gasteiger partial charge on any atom is -0.477 e. The van der Waals surface area contributed by atoms with Gasteiger partial charge in [-0.05, 0) is 48.4 Å². The number of carboxylic acids is 1. The van der Waals surface area contributed by atoms with Crippen molar-refractivity contribution in [3.05, 3.63) is 99.6 Å². The third kappa shape index (κ3) is 5.70. The average molecular weight is 462 g/mol. The molecule has 0 fully saturated rings. The molecule has 7 heteroatoms. The second-order valence-electron chi connectivity index (χ2n) is 7.61. The lowest BCUT2D eigenvalue weighted by molar-refractivity contribution is -0.117. The predicted molar refractivity (Wildman–Crippen MR) is 125 cm³/mol. The van der Waals surface area contributed by atoms with E-state index in [-0.39, 0.29) is 29.3 Å². The number of benzene rings is 2. The first-order chi connectivity index (χ1) is 15.9. The third-order valence-electron chi connectivity index (χ3n) is 4.99. The fraction of sp³-hybridized carbons (Fsp3) is 0.115. The molecular weight excluding hydrogens is 441 g/mol. The van der Waals surface area contributed by atoms with Crippen LogP contribution < -0.4 is 4.74 Å². The standard InChI is InChI=1S/C26H20FNO4S/c1-16-2-7-23(27)18(10-16)12-20(29)11-17-3-5-21(6-4-17)32-22-8-9-28-24(14-22)19-13-25(26(30)31)33-15-19/h2-10,13-15H,11-12H2,1H3,(H,30,31). The number of aryl methyl sites for hydroxylation is 1. The highest BCUT2D eigenvalue weighted by Gasteiger charge is 2.12. The van der Waals surface area contributed by atoms with Gasteiger partial charge in [0, 0.05) is 36.0 Å². The summed E-state index contributed by atoms with van der Waals surface area (Å²) < 4.78 is 19.8. The third-order valence-corrected chi connectivity index (χ3v) is 5.90. The van der Waals surface area contributed by atoms with Gasteiger partial charge in [0.25, 0.3) is 0 Å². The highest BCUT2D eigenvalue weighted by atomic mass is 32.1. The van der Waals surface area contributed by atoms with Gasteiger partial charge in [-0.15, -0.1) is 11.3 Å². The van der Waals surface area contributed by atoms with E-state index in [0.29, 0.717) is 28.3 Å². The van der Waals surface area contributed by atoms with E-state index in [9.17, 15) is 14.0 Å². The molecule has 0 amide bonds. The molecule has 0 saturated carbocycles. The van der Waals surface area contributed by atoms with Crippen LogP contribution in [0.5, 0.6) is 11.5 Å². The Bertz CT molecular complexity index is 1310. The van der Waals surface area contributed by atoms with Crippen LogP contribution in [0, 0.1) is 12.7 Å². The molecule has 0 unspecified atom stereocenters. The second kappa shape index (κ2) is 9.75. The number of halogens is 1. The fourth-order valence-electron chi connectivity index (χ4n) is 3.37. The zero-order chi connectivity index (χ0) is 23.4. The summed E-state index contributed by atoms with van der Waals surface area (Å²) in [6.45, 7) is 1.87. The van der Waals surface area contributed by atoms with Crippen LogP contribution in [0.3, 0.4) is 0 Å². The molecule has 1 N–H and O–H groups in total. The first-order valence-electron chi connectivity index (χ1n) is 10.2. The topological polar surface area (TPSA) is 76.5 Å². The van der Waals surface area contributed by atoms with E-state index >= 15 is 0 Å². The summed E-state index contributed by atoms with van der Waals surface area (Å²) in [7, 11) is 0. The smallest absolute Gasteiger partial charge is 0.345 e. The number of pyridine rings is 1. The van der Waals surface area contributed by atoms with Crippen molar-refractivity contribution < 1.29 is 23.8 Å². The summed E-state index contributed by atoms with van der Waals surface area (Å²) in [5.74, 6) is -0.257. The van der Waals surface area contributed by atoms with Gasteiger partial charge in [-0.3, -0.25) is 9.78 Å². The maximum atomic E-state index is 13.9. The Labute approximate surface area is 194 Å². The van der Waals surface area contributed by atoms with E-state index < -0.39 is 5.97 Å². The first kappa shape index (κ1) is 22.4. The summed E-state index contributed by atoms with van der Waals surface area (Å²) in [4.78, 5) is 28.0. The van der Waals surface area contributed by atoms with Gasteiger partial charge in [-0.2, -0.15) is 0 Å². The minimum atomic E-state index is -0.971. The Morgan fingerprint density at radius 2 is 1.79 bits per heavy atom. The van der Waals surface area contributed by atoms with Gasteiger partial charge in [-0.1, -0.05) is 29.8 Å². The molecule has 0 aliphatic carbocycles. The van der Waals surface area contributed by atoms with Crippen LogP contribution in [0.4, 0.5) is 4.39 Å². The quantitative estimate of drug-likeness (QED) is 0.343. The Morgan fingerprint density at radius 1 is 1.00 bits per heavy atom. The van der Waals surface area contributed by atoms with Crippen LogP contribution in [-0.4, -0.2) is 21.8 Å². The number of ketones is 1. The number of thiophene rings is 1. The lowest BCUT2D eigenvalue weighted by Gasteiger charge is -2.08. The molecule has 33 heavy (non-hydrogen) atoms. The summed E-state index contributed by atoms with van der Waals surface area (Å²) >= 11 is 1.14. The van der Waals surface area contributed by atoms with Crippen molar-refractivity contribution in [2.75, 3.05) is 0 Å². The van der Waals surface area contributed by atoms with Crippen LogP contribution in [0.15, 0.2) is 72.2 Å². The molecular formula is C26H20FNO4S. The molecule has 4 rings (SSSR count). The molecule has 2 aromatic heterocycles. The minimum absolute atomic E-state index is 0.0533. The van der Waals surface area contributed by atoms with E-state index in [1.807, 2.05) is 6.92 Å². The molecule has 5 nitrogen and oxygen atoms in total. The van der Waals surface area contributed by atoms with E-state index in [1.54, 1.807) is 66.2 Å². The Hall–Kier alpha value is -3.84.